The summed E-state index contributed by atoms with van der Waals surface area (Å²) in [6.45, 7) is -0.328. The van der Waals surface area contributed by atoms with E-state index in [9.17, 15) is 9.18 Å². The maximum Gasteiger partial charge on any atom is 0.322 e. The van der Waals surface area contributed by atoms with Gasteiger partial charge in [-0.3, -0.25) is 9.78 Å². The van der Waals surface area contributed by atoms with Crippen molar-refractivity contribution in [2.45, 2.75) is 0 Å². The number of hydrogen-bond acceptors (Lipinski definition) is 6. The molecule has 1 aromatic carbocycles. The summed E-state index contributed by atoms with van der Waals surface area (Å²) in [4.78, 5) is 23.5. The summed E-state index contributed by atoms with van der Waals surface area (Å²) in [5, 5.41) is 14.4. The van der Waals surface area contributed by atoms with Gasteiger partial charge in [-0.2, -0.15) is 4.98 Å². The molecule has 0 aliphatic heterocycles. The van der Waals surface area contributed by atoms with E-state index in [1.807, 2.05) is 6.07 Å². The fourth-order valence-corrected chi connectivity index (χ4v) is 2.10. The van der Waals surface area contributed by atoms with E-state index in [0.717, 1.165) is 0 Å². The number of carboxylic acid groups (broad SMARTS) is 1. The summed E-state index contributed by atoms with van der Waals surface area (Å²) in [5.41, 5.74) is 1.61. The van der Waals surface area contributed by atoms with E-state index in [0.29, 0.717) is 22.9 Å². The van der Waals surface area contributed by atoms with Gasteiger partial charge in [0.25, 0.3) is 0 Å². The molecule has 0 atom stereocenters. The zero-order chi connectivity index (χ0) is 17.6. The summed E-state index contributed by atoms with van der Waals surface area (Å²) in [6, 6.07) is 12.9. The van der Waals surface area contributed by atoms with Crippen LogP contribution in [0.15, 0.2) is 54.7 Å². The summed E-state index contributed by atoms with van der Waals surface area (Å²) < 4.78 is 13.3. The Morgan fingerprint density at radius 3 is 2.68 bits per heavy atom. The number of hydrogen-bond donors (Lipinski definition) is 3. The van der Waals surface area contributed by atoms with Gasteiger partial charge in [-0.25, -0.2) is 9.37 Å². The molecule has 7 nitrogen and oxygen atoms in total. The SMILES string of the molecule is O=C(O)CNc1nc(Nc2cccc(F)c2)cc(-c2ccccn2)n1. The molecule has 3 rings (SSSR count). The Morgan fingerprint density at radius 1 is 1.08 bits per heavy atom. The third kappa shape index (κ3) is 4.47. The van der Waals surface area contributed by atoms with Gasteiger partial charge in [0, 0.05) is 18.0 Å². The molecular formula is C17H14FN5O2. The number of nitrogens with zero attached hydrogens (tertiary/aromatic N) is 3. The van der Waals surface area contributed by atoms with Crippen molar-refractivity contribution in [3.05, 3.63) is 60.5 Å². The smallest absolute Gasteiger partial charge is 0.322 e. The highest BCUT2D eigenvalue weighted by Crippen LogP contribution is 2.22. The number of benzene rings is 1. The van der Waals surface area contributed by atoms with Gasteiger partial charge in [0.2, 0.25) is 5.95 Å². The van der Waals surface area contributed by atoms with Crippen LogP contribution in [0.3, 0.4) is 0 Å². The normalized spacial score (nSPS) is 10.3. The van der Waals surface area contributed by atoms with E-state index in [1.165, 1.54) is 12.1 Å². The highest BCUT2D eigenvalue weighted by molar-refractivity contribution is 5.72. The van der Waals surface area contributed by atoms with Crippen LogP contribution in [0.5, 0.6) is 0 Å². The van der Waals surface area contributed by atoms with E-state index in [2.05, 4.69) is 25.6 Å². The fourth-order valence-electron chi connectivity index (χ4n) is 2.10. The lowest BCUT2D eigenvalue weighted by atomic mass is 10.2. The Labute approximate surface area is 142 Å². The molecule has 2 aromatic heterocycles. The van der Waals surface area contributed by atoms with E-state index in [4.69, 9.17) is 5.11 Å². The number of rotatable bonds is 6. The van der Waals surface area contributed by atoms with E-state index in [-0.39, 0.29) is 18.3 Å². The van der Waals surface area contributed by atoms with Gasteiger partial charge >= 0.3 is 5.97 Å². The van der Waals surface area contributed by atoms with E-state index < -0.39 is 5.97 Å². The third-order valence-electron chi connectivity index (χ3n) is 3.15. The second-order valence-corrected chi connectivity index (χ2v) is 5.06. The molecule has 0 saturated heterocycles. The lowest BCUT2D eigenvalue weighted by Crippen LogP contribution is -2.15. The quantitative estimate of drug-likeness (QED) is 0.635. The molecular weight excluding hydrogens is 325 g/mol. The number of halogens is 1. The molecule has 0 aliphatic rings. The first kappa shape index (κ1) is 16.3. The highest BCUT2D eigenvalue weighted by atomic mass is 19.1. The lowest BCUT2D eigenvalue weighted by molar-refractivity contribution is -0.134. The Balaban J connectivity index is 1.95. The number of carboxylic acids is 1. The van der Waals surface area contributed by atoms with Crippen molar-refractivity contribution >= 4 is 23.4 Å². The minimum Gasteiger partial charge on any atom is -0.480 e. The molecule has 0 amide bonds. The maximum atomic E-state index is 13.3. The van der Waals surface area contributed by atoms with E-state index >= 15 is 0 Å². The standard InChI is InChI=1S/C17H14FN5O2/c18-11-4-3-5-12(8-11)21-15-9-14(13-6-1-2-7-19-13)22-17(23-15)20-10-16(24)25/h1-9H,10H2,(H,24,25)(H2,20,21,22,23). The Morgan fingerprint density at radius 2 is 1.96 bits per heavy atom. The fraction of sp³-hybridized carbons (Fsp3) is 0.0588. The molecule has 0 saturated carbocycles. The third-order valence-corrected chi connectivity index (χ3v) is 3.15. The molecule has 0 unspecified atom stereocenters. The molecule has 0 radical (unpaired) electrons. The molecule has 126 valence electrons. The van der Waals surface area contributed by atoms with Crippen LogP contribution in [0.1, 0.15) is 0 Å². The number of pyridine rings is 1. The average Bonchev–Trinajstić information content (AvgIpc) is 2.60. The van der Waals surface area contributed by atoms with Crippen molar-refractivity contribution in [1.29, 1.82) is 0 Å². The lowest BCUT2D eigenvalue weighted by Gasteiger charge is -2.10. The minimum absolute atomic E-state index is 0.129. The Kier molecular flexibility index (Phi) is 4.79. The molecule has 0 bridgehead atoms. The maximum absolute atomic E-state index is 13.3. The zero-order valence-corrected chi connectivity index (χ0v) is 13.0. The number of anilines is 3. The van der Waals surface area contributed by atoms with Crippen molar-refractivity contribution in [2.24, 2.45) is 0 Å². The van der Waals surface area contributed by atoms with Crippen LogP contribution >= 0.6 is 0 Å². The molecule has 25 heavy (non-hydrogen) atoms. The first-order chi connectivity index (χ1) is 12.1. The van der Waals surface area contributed by atoms with Gasteiger partial charge < -0.3 is 15.7 Å². The van der Waals surface area contributed by atoms with Crippen LogP contribution in [0, 0.1) is 5.82 Å². The highest BCUT2D eigenvalue weighted by Gasteiger charge is 2.09. The largest absolute Gasteiger partial charge is 0.480 e. The molecule has 0 spiro atoms. The van der Waals surface area contributed by atoms with Gasteiger partial charge in [-0.1, -0.05) is 12.1 Å². The molecule has 8 heteroatoms. The summed E-state index contributed by atoms with van der Waals surface area (Å²) in [5.74, 6) is -0.904. The van der Waals surface area contributed by atoms with Crippen LogP contribution < -0.4 is 10.6 Å². The van der Waals surface area contributed by atoms with Gasteiger partial charge in [0.15, 0.2) is 0 Å². The monoisotopic (exact) mass is 339 g/mol. The van der Waals surface area contributed by atoms with Gasteiger partial charge in [0.05, 0.1) is 11.4 Å². The van der Waals surface area contributed by atoms with E-state index in [1.54, 1.807) is 36.5 Å². The minimum atomic E-state index is -1.04. The number of aromatic nitrogens is 3. The summed E-state index contributed by atoms with van der Waals surface area (Å²) in [7, 11) is 0. The van der Waals surface area contributed by atoms with Crippen molar-refractivity contribution in [2.75, 3.05) is 17.2 Å². The van der Waals surface area contributed by atoms with Crippen molar-refractivity contribution in [3.63, 3.8) is 0 Å². The summed E-state index contributed by atoms with van der Waals surface area (Å²) in [6.07, 6.45) is 1.63. The van der Waals surface area contributed by atoms with Crippen molar-refractivity contribution in [3.8, 4) is 11.4 Å². The van der Waals surface area contributed by atoms with Crippen molar-refractivity contribution < 1.29 is 14.3 Å². The second-order valence-electron chi connectivity index (χ2n) is 5.06. The topological polar surface area (TPSA) is 100 Å². The van der Waals surface area contributed by atoms with Crippen LogP contribution in [0.4, 0.5) is 21.8 Å². The predicted molar refractivity (Wildman–Crippen MR) is 91.1 cm³/mol. The first-order valence-corrected chi connectivity index (χ1v) is 7.39. The van der Waals surface area contributed by atoms with Gasteiger partial charge in [0.1, 0.15) is 18.2 Å². The molecule has 3 N–H and O–H groups in total. The van der Waals surface area contributed by atoms with Gasteiger partial charge in [-0.05, 0) is 30.3 Å². The number of aliphatic carboxylic acids is 1. The number of nitrogens with one attached hydrogen (secondary N) is 2. The molecule has 3 aromatic rings. The van der Waals surface area contributed by atoms with Crippen LogP contribution in [-0.2, 0) is 4.79 Å². The molecule has 2 heterocycles. The Hall–Kier alpha value is -3.55. The second kappa shape index (κ2) is 7.35. The van der Waals surface area contributed by atoms with Gasteiger partial charge in [-0.15, -0.1) is 0 Å². The molecule has 0 aliphatic carbocycles. The predicted octanol–water partition coefficient (Wildman–Crippen LogP) is 2.92. The van der Waals surface area contributed by atoms with Crippen LogP contribution in [0.2, 0.25) is 0 Å². The molecule has 0 fully saturated rings. The number of carbonyl (C=O) groups is 1. The zero-order valence-electron chi connectivity index (χ0n) is 13.0. The van der Waals surface area contributed by atoms with Crippen LogP contribution in [-0.4, -0.2) is 32.6 Å². The summed E-state index contributed by atoms with van der Waals surface area (Å²) >= 11 is 0. The Bertz CT molecular complexity index is 889. The average molecular weight is 339 g/mol. The van der Waals surface area contributed by atoms with Crippen LogP contribution in [0.25, 0.3) is 11.4 Å². The van der Waals surface area contributed by atoms with Crippen molar-refractivity contribution in [1.82, 2.24) is 15.0 Å². The first-order valence-electron chi connectivity index (χ1n) is 7.39.